The monoisotopic (exact) mass is 182 g/mol. The van der Waals surface area contributed by atoms with E-state index < -0.39 is 0 Å². The molecule has 0 aromatic heterocycles. The first-order chi connectivity index (χ1) is 6.24. The summed E-state index contributed by atoms with van der Waals surface area (Å²) < 4.78 is 0. The van der Waals surface area contributed by atoms with Crippen LogP contribution in [0, 0.1) is 11.8 Å². The van der Waals surface area contributed by atoms with Crippen molar-refractivity contribution in [1.82, 2.24) is 4.90 Å². The molecule has 0 amide bonds. The number of nitrogens with zero attached hydrogens (tertiary/aromatic N) is 1. The second kappa shape index (κ2) is 3.97. The van der Waals surface area contributed by atoms with Crippen molar-refractivity contribution in [3.63, 3.8) is 0 Å². The minimum absolute atomic E-state index is 0.499. The van der Waals surface area contributed by atoms with E-state index in [4.69, 9.17) is 5.73 Å². The molecule has 76 valence electrons. The van der Waals surface area contributed by atoms with Crippen LogP contribution in [-0.2, 0) is 0 Å². The van der Waals surface area contributed by atoms with Crippen LogP contribution in [0.5, 0.6) is 0 Å². The molecule has 13 heavy (non-hydrogen) atoms. The highest BCUT2D eigenvalue weighted by Crippen LogP contribution is 2.30. The quantitative estimate of drug-likeness (QED) is 0.713. The Kier molecular flexibility index (Phi) is 2.89. The summed E-state index contributed by atoms with van der Waals surface area (Å²) in [5, 5.41) is 0. The maximum atomic E-state index is 5.90. The first kappa shape index (κ1) is 9.47. The molecule has 2 aliphatic rings. The van der Waals surface area contributed by atoms with Crippen LogP contribution in [0.4, 0.5) is 0 Å². The molecule has 0 heterocycles. The van der Waals surface area contributed by atoms with Gasteiger partial charge in [-0.25, -0.2) is 0 Å². The maximum Gasteiger partial charge on any atom is 0.00420 e. The lowest BCUT2D eigenvalue weighted by Crippen LogP contribution is -2.27. The molecule has 2 atom stereocenters. The number of hydrogen-bond donors (Lipinski definition) is 1. The fourth-order valence-corrected chi connectivity index (χ4v) is 2.54. The summed E-state index contributed by atoms with van der Waals surface area (Å²) in [4.78, 5) is 2.51. The van der Waals surface area contributed by atoms with Gasteiger partial charge < -0.3 is 10.6 Å². The Morgan fingerprint density at radius 2 is 1.69 bits per heavy atom. The predicted octanol–water partition coefficient (Wildman–Crippen LogP) is 1.46. The largest absolute Gasteiger partial charge is 0.328 e. The summed E-state index contributed by atoms with van der Waals surface area (Å²) in [5.74, 6) is 1.92. The molecule has 2 saturated carbocycles. The van der Waals surface area contributed by atoms with Gasteiger partial charge in [0.25, 0.3) is 0 Å². The number of hydrogen-bond acceptors (Lipinski definition) is 2. The molecule has 0 saturated heterocycles. The summed E-state index contributed by atoms with van der Waals surface area (Å²) in [6.45, 7) is 2.61. The van der Waals surface area contributed by atoms with Gasteiger partial charge in [0.15, 0.2) is 0 Å². The fourth-order valence-electron chi connectivity index (χ4n) is 2.54. The summed E-state index contributed by atoms with van der Waals surface area (Å²) in [7, 11) is 2.27. The van der Waals surface area contributed by atoms with Crippen molar-refractivity contribution in [3.05, 3.63) is 0 Å². The van der Waals surface area contributed by atoms with Crippen LogP contribution in [0.15, 0.2) is 0 Å². The Bertz CT molecular complexity index is 165. The van der Waals surface area contributed by atoms with E-state index in [-0.39, 0.29) is 0 Å². The zero-order chi connectivity index (χ0) is 9.26. The molecule has 2 rings (SSSR count). The molecule has 0 aromatic rings. The van der Waals surface area contributed by atoms with Crippen molar-refractivity contribution >= 4 is 0 Å². The standard InChI is InChI=1S/C11H22N2/c1-13(7-9-2-3-9)8-10-4-5-11(12)6-10/h9-11H,2-8,12H2,1H3. The van der Waals surface area contributed by atoms with Gasteiger partial charge in [-0.15, -0.1) is 0 Å². The normalized spacial score (nSPS) is 34.4. The second-order valence-corrected chi connectivity index (χ2v) is 5.10. The Balaban J connectivity index is 1.64. The van der Waals surface area contributed by atoms with Gasteiger partial charge in [-0.05, 0) is 51.0 Å². The minimum Gasteiger partial charge on any atom is -0.328 e. The van der Waals surface area contributed by atoms with Crippen LogP contribution in [0.1, 0.15) is 32.1 Å². The lowest BCUT2D eigenvalue weighted by Gasteiger charge is -2.20. The summed E-state index contributed by atoms with van der Waals surface area (Å²) >= 11 is 0. The van der Waals surface area contributed by atoms with E-state index in [0.29, 0.717) is 6.04 Å². The molecular formula is C11H22N2. The molecule has 2 unspecified atom stereocenters. The maximum absolute atomic E-state index is 5.90. The van der Waals surface area contributed by atoms with E-state index in [0.717, 1.165) is 11.8 Å². The van der Waals surface area contributed by atoms with Crippen molar-refractivity contribution in [2.75, 3.05) is 20.1 Å². The number of rotatable bonds is 4. The predicted molar refractivity (Wildman–Crippen MR) is 55.5 cm³/mol. The van der Waals surface area contributed by atoms with E-state index in [1.54, 1.807) is 0 Å². The van der Waals surface area contributed by atoms with E-state index in [9.17, 15) is 0 Å². The third-order valence-corrected chi connectivity index (χ3v) is 3.42. The fraction of sp³-hybridized carbons (Fsp3) is 1.00. The highest BCUT2D eigenvalue weighted by Gasteiger charge is 2.26. The first-order valence-corrected chi connectivity index (χ1v) is 5.68. The molecule has 0 spiro atoms. The van der Waals surface area contributed by atoms with Crippen LogP contribution < -0.4 is 5.73 Å². The average Bonchev–Trinajstić information content (AvgIpc) is 2.76. The number of nitrogens with two attached hydrogens (primary N) is 1. The van der Waals surface area contributed by atoms with Crippen LogP contribution in [0.25, 0.3) is 0 Å². The Labute approximate surface area is 81.5 Å². The van der Waals surface area contributed by atoms with Crippen molar-refractivity contribution in [3.8, 4) is 0 Å². The third-order valence-electron chi connectivity index (χ3n) is 3.42. The lowest BCUT2D eigenvalue weighted by molar-refractivity contribution is 0.267. The van der Waals surface area contributed by atoms with Gasteiger partial charge in [0.1, 0.15) is 0 Å². The van der Waals surface area contributed by atoms with E-state index >= 15 is 0 Å². The topological polar surface area (TPSA) is 29.3 Å². The van der Waals surface area contributed by atoms with Gasteiger partial charge in [-0.1, -0.05) is 0 Å². The molecule has 2 heteroatoms. The van der Waals surface area contributed by atoms with E-state index in [2.05, 4.69) is 11.9 Å². The molecular weight excluding hydrogens is 160 g/mol. The Morgan fingerprint density at radius 1 is 1.08 bits per heavy atom. The first-order valence-electron chi connectivity index (χ1n) is 5.68. The van der Waals surface area contributed by atoms with Crippen molar-refractivity contribution in [1.29, 1.82) is 0 Å². The SMILES string of the molecule is CN(CC1CC1)CC1CCC(N)C1. The van der Waals surface area contributed by atoms with Crippen LogP contribution in [0.2, 0.25) is 0 Å². The highest BCUT2D eigenvalue weighted by atomic mass is 15.1. The molecule has 0 bridgehead atoms. The summed E-state index contributed by atoms with van der Waals surface area (Å²) in [6.07, 6.45) is 6.80. The van der Waals surface area contributed by atoms with Crippen LogP contribution in [-0.4, -0.2) is 31.1 Å². The van der Waals surface area contributed by atoms with Crippen LogP contribution >= 0.6 is 0 Å². The van der Waals surface area contributed by atoms with E-state index in [1.165, 1.54) is 45.2 Å². The van der Waals surface area contributed by atoms with Gasteiger partial charge in [-0.2, -0.15) is 0 Å². The van der Waals surface area contributed by atoms with Gasteiger partial charge in [0, 0.05) is 19.1 Å². The molecule has 2 nitrogen and oxygen atoms in total. The van der Waals surface area contributed by atoms with E-state index in [1.807, 2.05) is 0 Å². The zero-order valence-corrected chi connectivity index (χ0v) is 8.71. The van der Waals surface area contributed by atoms with Gasteiger partial charge in [-0.3, -0.25) is 0 Å². The van der Waals surface area contributed by atoms with Crippen molar-refractivity contribution in [2.45, 2.75) is 38.1 Å². The average molecular weight is 182 g/mol. The molecule has 0 radical (unpaired) electrons. The zero-order valence-electron chi connectivity index (χ0n) is 8.71. The van der Waals surface area contributed by atoms with Gasteiger partial charge in [0.2, 0.25) is 0 Å². The molecule has 2 N–H and O–H groups in total. The molecule has 0 aromatic carbocycles. The minimum atomic E-state index is 0.499. The second-order valence-electron chi connectivity index (χ2n) is 5.10. The molecule has 2 aliphatic carbocycles. The van der Waals surface area contributed by atoms with Crippen molar-refractivity contribution < 1.29 is 0 Å². The Hall–Kier alpha value is -0.0800. The van der Waals surface area contributed by atoms with Crippen molar-refractivity contribution in [2.24, 2.45) is 17.6 Å². The summed E-state index contributed by atoms with van der Waals surface area (Å²) in [6, 6.07) is 0.499. The van der Waals surface area contributed by atoms with Crippen LogP contribution in [0.3, 0.4) is 0 Å². The molecule has 0 aliphatic heterocycles. The Morgan fingerprint density at radius 3 is 2.23 bits per heavy atom. The third kappa shape index (κ3) is 2.96. The summed E-state index contributed by atoms with van der Waals surface area (Å²) in [5.41, 5.74) is 5.90. The lowest BCUT2D eigenvalue weighted by atomic mass is 10.1. The molecule has 2 fully saturated rings. The highest BCUT2D eigenvalue weighted by molar-refractivity contribution is 4.81. The van der Waals surface area contributed by atoms with Gasteiger partial charge >= 0.3 is 0 Å². The smallest absolute Gasteiger partial charge is 0.00420 e. The van der Waals surface area contributed by atoms with Gasteiger partial charge in [0.05, 0.1) is 0 Å².